The van der Waals surface area contributed by atoms with Crippen molar-refractivity contribution in [2.75, 3.05) is 27.2 Å². The molecule has 0 aliphatic heterocycles. The van der Waals surface area contributed by atoms with E-state index < -0.39 is 0 Å². The summed E-state index contributed by atoms with van der Waals surface area (Å²) in [6.45, 7) is 4.87. The predicted octanol–water partition coefficient (Wildman–Crippen LogP) is 2.89. The molecule has 0 saturated heterocycles. The van der Waals surface area contributed by atoms with Gasteiger partial charge in [0.25, 0.3) is 0 Å². The Hall–Kier alpha value is -0.0800. The van der Waals surface area contributed by atoms with Gasteiger partial charge in [0.05, 0.1) is 0 Å². The third kappa shape index (κ3) is 5.31. The summed E-state index contributed by atoms with van der Waals surface area (Å²) in [5.41, 5.74) is 0. The number of nitrogens with zero attached hydrogens (tertiary/aromatic N) is 1. The molecular formula is C14H30N2. The zero-order valence-electron chi connectivity index (χ0n) is 11.5. The fourth-order valence-electron chi connectivity index (χ4n) is 2.89. The largest absolute Gasteiger partial charge is 0.317 e. The Bertz CT molecular complexity index is 160. The molecule has 16 heavy (non-hydrogen) atoms. The van der Waals surface area contributed by atoms with Gasteiger partial charge in [0.1, 0.15) is 0 Å². The quantitative estimate of drug-likeness (QED) is 0.684. The number of hydrogen-bond donors (Lipinski definition) is 1. The first-order valence-corrected chi connectivity index (χ1v) is 7.12. The molecule has 1 saturated carbocycles. The molecule has 1 rings (SSSR count). The minimum Gasteiger partial charge on any atom is -0.317 e. The van der Waals surface area contributed by atoms with Crippen molar-refractivity contribution in [2.24, 2.45) is 5.92 Å². The van der Waals surface area contributed by atoms with Crippen LogP contribution in [0.15, 0.2) is 0 Å². The van der Waals surface area contributed by atoms with Crippen LogP contribution in [-0.2, 0) is 0 Å². The number of hydrogen-bond acceptors (Lipinski definition) is 2. The highest BCUT2D eigenvalue weighted by Crippen LogP contribution is 2.25. The average Bonchev–Trinajstić information content (AvgIpc) is 2.77. The fourth-order valence-corrected chi connectivity index (χ4v) is 2.89. The smallest absolute Gasteiger partial charge is 0.00619 e. The SMILES string of the molecule is CCC(CCCN(C)CC1CCCC1)NC. The van der Waals surface area contributed by atoms with Gasteiger partial charge in [-0.1, -0.05) is 19.8 Å². The molecule has 0 aromatic heterocycles. The van der Waals surface area contributed by atoms with Gasteiger partial charge in [-0.15, -0.1) is 0 Å². The summed E-state index contributed by atoms with van der Waals surface area (Å²) in [5, 5.41) is 3.38. The van der Waals surface area contributed by atoms with E-state index in [1.165, 1.54) is 58.0 Å². The van der Waals surface area contributed by atoms with Crippen LogP contribution in [0, 0.1) is 5.92 Å². The van der Waals surface area contributed by atoms with Gasteiger partial charge in [0.15, 0.2) is 0 Å². The zero-order valence-corrected chi connectivity index (χ0v) is 11.5. The van der Waals surface area contributed by atoms with Gasteiger partial charge in [-0.3, -0.25) is 0 Å². The summed E-state index contributed by atoms with van der Waals surface area (Å²) in [6, 6.07) is 0.722. The van der Waals surface area contributed by atoms with Gasteiger partial charge in [0, 0.05) is 12.6 Å². The van der Waals surface area contributed by atoms with Crippen LogP contribution >= 0.6 is 0 Å². The predicted molar refractivity (Wildman–Crippen MR) is 71.8 cm³/mol. The molecule has 1 unspecified atom stereocenters. The average molecular weight is 226 g/mol. The van der Waals surface area contributed by atoms with Crippen LogP contribution in [0.25, 0.3) is 0 Å². The Morgan fingerprint density at radius 3 is 2.56 bits per heavy atom. The van der Waals surface area contributed by atoms with E-state index in [0.717, 1.165) is 12.0 Å². The number of nitrogens with one attached hydrogen (secondary N) is 1. The lowest BCUT2D eigenvalue weighted by molar-refractivity contribution is 0.268. The van der Waals surface area contributed by atoms with Gasteiger partial charge in [-0.05, 0) is 58.7 Å². The maximum absolute atomic E-state index is 3.38. The maximum atomic E-state index is 3.38. The van der Waals surface area contributed by atoms with Gasteiger partial charge < -0.3 is 10.2 Å². The second-order valence-corrected chi connectivity index (χ2v) is 5.45. The molecule has 0 spiro atoms. The van der Waals surface area contributed by atoms with E-state index in [4.69, 9.17) is 0 Å². The van der Waals surface area contributed by atoms with E-state index in [1.54, 1.807) is 0 Å². The highest BCUT2D eigenvalue weighted by atomic mass is 15.1. The molecule has 0 heterocycles. The maximum Gasteiger partial charge on any atom is 0.00619 e. The van der Waals surface area contributed by atoms with E-state index >= 15 is 0 Å². The van der Waals surface area contributed by atoms with Gasteiger partial charge in [-0.25, -0.2) is 0 Å². The fraction of sp³-hybridized carbons (Fsp3) is 1.00. The van der Waals surface area contributed by atoms with E-state index in [-0.39, 0.29) is 0 Å². The highest BCUT2D eigenvalue weighted by molar-refractivity contribution is 4.71. The van der Waals surface area contributed by atoms with Crippen LogP contribution in [0.4, 0.5) is 0 Å². The van der Waals surface area contributed by atoms with Crippen LogP contribution in [0.2, 0.25) is 0 Å². The first-order chi connectivity index (χ1) is 7.76. The van der Waals surface area contributed by atoms with Crippen LogP contribution in [0.5, 0.6) is 0 Å². The number of rotatable bonds is 8. The minimum absolute atomic E-state index is 0.722. The standard InChI is InChI=1S/C14H30N2/c1-4-14(15-2)10-7-11-16(3)12-13-8-5-6-9-13/h13-15H,4-12H2,1-3H3. The zero-order chi connectivity index (χ0) is 11.8. The van der Waals surface area contributed by atoms with Crippen molar-refractivity contribution < 1.29 is 0 Å². The molecule has 0 aromatic rings. The van der Waals surface area contributed by atoms with Gasteiger partial charge >= 0.3 is 0 Å². The van der Waals surface area contributed by atoms with Gasteiger partial charge in [-0.2, -0.15) is 0 Å². The van der Waals surface area contributed by atoms with Crippen LogP contribution in [-0.4, -0.2) is 38.1 Å². The lowest BCUT2D eigenvalue weighted by atomic mass is 10.1. The summed E-state index contributed by atoms with van der Waals surface area (Å²) in [6.07, 6.45) is 9.79. The van der Waals surface area contributed by atoms with Crippen molar-refractivity contribution in [3.8, 4) is 0 Å². The van der Waals surface area contributed by atoms with Crippen molar-refractivity contribution in [1.29, 1.82) is 0 Å². The normalized spacial score (nSPS) is 19.5. The van der Waals surface area contributed by atoms with Crippen LogP contribution in [0.3, 0.4) is 0 Å². The Balaban J connectivity index is 2.02. The monoisotopic (exact) mass is 226 g/mol. The summed E-state index contributed by atoms with van der Waals surface area (Å²) in [5.74, 6) is 0.997. The van der Waals surface area contributed by atoms with Crippen molar-refractivity contribution in [3.05, 3.63) is 0 Å². The second kappa shape index (κ2) is 8.08. The Kier molecular flexibility index (Phi) is 7.06. The van der Waals surface area contributed by atoms with Crippen LogP contribution in [0.1, 0.15) is 51.9 Å². The summed E-state index contributed by atoms with van der Waals surface area (Å²) < 4.78 is 0. The molecular weight excluding hydrogens is 196 g/mol. The molecule has 1 aliphatic rings. The third-order valence-electron chi connectivity index (χ3n) is 4.04. The third-order valence-corrected chi connectivity index (χ3v) is 4.04. The molecule has 2 heteroatoms. The summed E-state index contributed by atoms with van der Waals surface area (Å²) in [7, 11) is 4.37. The van der Waals surface area contributed by atoms with Crippen molar-refractivity contribution >= 4 is 0 Å². The topological polar surface area (TPSA) is 15.3 Å². The first-order valence-electron chi connectivity index (χ1n) is 7.12. The van der Waals surface area contributed by atoms with Gasteiger partial charge in [0.2, 0.25) is 0 Å². The summed E-state index contributed by atoms with van der Waals surface area (Å²) in [4.78, 5) is 2.54. The Morgan fingerprint density at radius 1 is 1.31 bits per heavy atom. The van der Waals surface area contributed by atoms with E-state index in [9.17, 15) is 0 Å². The molecule has 1 atom stereocenters. The Morgan fingerprint density at radius 2 is 2.00 bits per heavy atom. The first kappa shape index (κ1) is 14.0. The molecule has 1 aliphatic carbocycles. The molecule has 1 N–H and O–H groups in total. The second-order valence-electron chi connectivity index (χ2n) is 5.45. The van der Waals surface area contributed by atoms with E-state index in [2.05, 4.69) is 31.2 Å². The van der Waals surface area contributed by atoms with Crippen LogP contribution < -0.4 is 5.32 Å². The van der Waals surface area contributed by atoms with Crippen molar-refractivity contribution in [2.45, 2.75) is 57.9 Å². The summed E-state index contributed by atoms with van der Waals surface area (Å²) >= 11 is 0. The lowest BCUT2D eigenvalue weighted by Crippen LogP contribution is -2.28. The van der Waals surface area contributed by atoms with E-state index in [0.29, 0.717) is 0 Å². The molecule has 0 amide bonds. The molecule has 0 aromatic carbocycles. The molecule has 1 fully saturated rings. The molecule has 0 radical (unpaired) electrons. The van der Waals surface area contributed by atoms with E-state index in [1.807, 2.05) is 0 Å². The molecule has 2 nitrogen and oxygen atoms in total. The minimum atomic E-state index is 0.722. The van der Waals surface area contributed by atoms with Crippen molar-refractivity contribution in [3.63, 3.8) is 0 Å². The Labute approximate surface area is 102 Å². The molecule has 96 valence electrons. The lowest BCUT2D eigenvalue weighted by Gasteiger charge is -2.22. The molecule has 0 bridgehead atoms. The van der Waals surface area contributed by atoms with Crippen molar-refractivity contribution in [1.82, 2.24) is 10.2 Å². The highest BCUT2D eigenvalue weighted by Gasteiger charge is 2.16.